The van der Waals surface area contributed by atoms with Gasteiger partial charge in [0, 0.05) is 32.6 Å². The second-order valence-corrected chi connectivity index (χ2v) is 7.37. The number of nitrogens with zero attached hydrogens (tertiary/aromatic N) is 2. The Morgan fingerprint density at radius 2 is 1.88 bits per heavy atom. The topological polar surface area (TPSA) is 52.7 Å². The summed E-state index contributed by atoms with van der Waals surface area (Å²) < 4.78 is 0. The third kappa shape index (κ3) is 3.71. The number of carbonyl (C=O) groups is 2. The standard InChI is InChI=1S/C20H29N3O2/c1-3-22-15-20(10-9-17(22)24)11-13-23(14-12-20)19(25)18(21-2)16-7-5-4-6-8-16/h4-8,18,21H,3,9-15H2,1-2H3. The lowest BCUT2D eigenvalue weighted by Gasteiger charge is -2.47. The van der Waals surface area contributed by atoms with Crippen molar-refractivity contribution in [2.24, 2.45) is 5.41 Å². The number of likely N-dealkylation sites (tertiary alicyclic amines) is 2. The number of piperidine rings is 2. The predicted molar refractivity (Wildman–Crippen MR) is 98.0 cm³/mol. The molecule has 2 aliphatic heterocycles. The fourth-order valence-corrected chi connectivity index (χ4v) is 4.26. The van der Waals surface area contributed by atoms with Crippen molar-refractivity contribution < 1.29 is 9.59 Å². The zero-order valence-corrected chi connectivity index (χ0v) is 15.3. The third-order valence-corrected chi connectivity index (χ3v) is 5.93. The molecule has 2 fully saturated rings. The summed E-state index contributed by atoms with van der Waals surface area (Å²) >= 11 is 0. The Morgan fingerprint density at radius 3 is 2.48 bits per heavy atom. The molecule has 2 amide bonds. The lowest BCUT2D eigenvalue weighted by Crippen LogP contribution is -2.53. The highest BCUT2D eigenvalue weighted by Crippen LogP contribution is 2.40. The van der Waals surface area contributed by atoms with Crippen LogP contribution in [0.2, 0.25) is 0 Å². The molecule has 2 heterocycles. The Hall–Kier alpha value is -1.88. The fraction of sp³-hybridized carbons (Fsp3) is 0.600. The zero-order chi connectivity index (χ0) is 17.9. The molecule has 0 radical (unpaired) electrons. The number of hydrogen-bond acceptors (Lipinski definition) is 3. The molecule has 0 aliphatic carbocycles. The van der Waals surface area contributed by atoms with Crippen molar-refractivity contribution in [1.82, 2.24) is 15.1 Å². The van der Waals surface area contributed by atoms with Gasteiger partial charge >= 0.3 is 0 Å². The van der Waals surface area contributed by atoms with E-state index in [1.807, 2.05) is 54.1 Å². The molecule has 2 aliphatic rings. The molecule has 1 atom stereocenters. The van der Waals surface area contributed by atoms with Gasteiger partial charge in [-0.3, -0.25) is 9.59 Å². The third-order valence-electron chi connectivity index (χ3n) is 5.93. The minimum atomic E-state index is -0.282. The van der Waals surface area contributed by atoms with Gasteiger partial charge in [-0.1, -0.05) is 30.3 Å². The molecule has 0 saturated carbocycles. The Bertz CT molecular complexity index is 609. The van der Waals surface area contributed by atoms with Crippen molar-refractivity contribution in [3.8, 4) is 0 Å². The van der Waals surface area contributed by atoms with E-state index in [1.54, 1.807) is 0 Å². The van der Waals surface area contributed by atoms with Gasteiger partial charge in [-0.15, -0.1) is 0 Å². The van der Waals surface area contributed by atoms with Crippen molar-refractivity contribution in [2.75, 3.05) is 33.2 Å². The van der Waals surface area contributed by atoms with Crippen molar-refractivity contribution in [1.29, 1.82) is 0 Å². The molecular formula is C20H29N3O2. The molecule has 25 heavy (non-hydrogen) atoms. The summed E-state index contributed by atoms with van der Waals surface area (Å²) in [5, 5.41) is 3.16. The van der Waals surface area contributed by atoms with E-state index < -0.39 is 0 Å². The summed E-state index contributed by atoms with van der Waals surface area (Å²) in [7, 11) is 1.84. The van der Waals surface area contributed by atoms with E-state index >= 15 is 0 Å². The second kappa shape index (κ2) is 7.56. The minimum Gasteiger partial charge on any atom is -0.342 e. The van der Waals surface area contributed by atoms with Gasteiger partial charge in [0.1, 0.15) is 6.04 Å². The smallest absolute Gasteiger partial charge is 0.244 e. The second-order valence-electron chi connectivity index (χ2n) is 7.37. The first-order valence-corrected chi connectivity index (χ1v) is 9.37. The van der Waals surface area contributed by atoms with E-state index in [1.165, 1.54) is 0 Å². The Balaban J connectivity index is 1.63. The molecule has 5 heteroatoms. The number of benzene rings is 1. The molecule has 1 spiro atoms. The van der Waals surface area contributed by atoms with Gasteiger partial charge in [0.25, 0.3) is 0 Å². The Kier molecular flexibility index (Phi) is 5.42. The van der Waals surface area contributed by atoms with Crippen LogP contribution in [-0.4, -0.2) is 54.8 Å². The Labute approximate surface area is 150 Å². The Morgan fingerprint density at radius 1 is 1.20 bits per heavy atom. The zero-order valence-electron chi connectivity index (χ0n) is 15.3. The summed E-state index contributed by atoms with van der Waals surface area (Å²) in [6.07, 6.45) is 3.62. The summed E-state index contributed by atoms with van der Waals surface area (Å²) in [6.45, 7) is 5.27. The van der Waals surface area contributed by atoms with Crippen LogP contribution < -0.4 is 5.32 Å². The number of carbonyl (C=O) groups excluding carboxylic acids is 2. The van der Waals surface area contributed by atoms with Crippen LogP contribution in [0.4, 0.5) is 0 Å². The van der Waals surface area contributed by atoms with Crippen molar-refractivity contribution in [3.05, 3.63) is 35.9 Å². The van der Waals surface area contributed by atoms with Gasteiger partial charge in [-0.25, -0.2) is 0 Å². The van der Waals surface area contributed by atoms with E-state index in [9.17, 15) is 9.59 Å². The molecule has 1 aromatic rings. The molecule has 1 aromatic carbocycles. The van der Waals surface area contributed by atoms with Crippen molar-refractivity contribution in [3.63, 3.8) is 0 Å². The average Bonchev–Trinajstić information content (AvgIpc) is 2.66. The van der Waals surface area contributed by atoms with Gasteiger partial charge in [0.2, 0.25) is 11.8 Å². The molecule has 136 valence electrons. The number of hydrogen-bond donors (Lipinski definition) is 1. The SMILES string of the molecule is CCN1CC2(CCC1=O)CCN(C(=O)C(NC)c1ccccc1)CC2. The van der Waals surface area contributed by atoms with Crippen LogP contribution in [0.1, 0.15) is 44.2 Å². The van der Waals surface area contributed by atoms with Crippen molar-refractivity contribution in [2.45, 2.75) is 38.6 Å². The molecule has 1 unspecified atom stereocenters. The van der Waals surface area contributed by atoms with Crippen molar-refractivity contribution >= 4 is 11.8 Å². The molecule has 0 bridgehead atoms. The highest BCUT2D eigenvalue weighted by molar-refractivity contribution is 5.83. The van der Waals surface area contributed by atoms with E-state index in [-0.39, 0.29) is 23.3 Å². The van der Waals surface area contributed by atoms with Crippen LogP contribution in [0, 0.1) is 5.41 Å². The molecule has 5 nitrogen and oxygen atoms in total. The van der Waals surface area contributed by atoms with E-state index in [4.69, 9.17) is 0 Å². The number of nitrogens with one attached hydrogen (secondary N) is 1. The van der Waals surface area contributed by atoms with Crippen LogP contribution in [0.5, 0.6) is 0 Å². The quantitative estimate of drug-likeness (QED) is 0.912. The number of amides is 2. The van der Waals surface area contributed by atoms with Crippen LogP contribution in [-0.2, 0) is 9.59 Å². The lowest BCUT2D eigenvalue weighted by atomic mass is 9.72. The monoisotopic (exact) mass is 343 g/mol. The lowest BCUT2D eigenvalue weighted by molar-refractivity contribution is -0.143. The summed E-state index contributed by atoms with van der Waals surface area (Å²) in [4.78, 5) is 28.9. The van der Waals surface area contributed by atoms with Gasteiger partial charge in [-0.05, 0) is 44.2 Å². The van der Waals surface area contributed by atoms with Gasteiger partial charge < -0.3 is 15.1 Å². The highest BCUT2D eigenvalue weighted by Gasteiger charge is 2.41. The maximum atomic E-state index is 13.0. The normalized spacial score (nSPS) is 21.4. The molecular weight excluding hydrogens is 314 g/mol. The van der Waals surface area contributed by atoms with E-state index in [2.05, 4.69) is 5.32 Å². The van der Waals surface area contributed by atoms with Crippen LogP contribution in [0.25, 0.3) is 0 Å². The van der Waals surface area contributed by atoms with Crippen LogP contribution in [0.3, 0.4) is 0 Å². The first kappa shape index (κ1) is 17.9. The maximum Gasteiger partial charge on any atom is 0.244 e. The predicted octanol–water partition coefficient (Wildman–Crippen LogP) is 2.20. The van der Waals surface area contributed by atoms with Gasteiger partial charge in [0.15, 0.2) is 0 Å². The van der Waals surface area contributed by atoms with Crippen LogP contribution in [0.15, 0.2) is 30.3 Å². The fourth-order valence-electron chi connectivity index (χ4n) is 4.26. The summed E-state index contributed by atoms with van der Waals surface area (Å²) in [5.41, 5.74) is 1.22. The minimum absolute atomic E-state index is 0.155. The highest BCUT2D eigenvalue weighted by atomic mass is 16.2. The maximum absolute atomic E-state index is 13.0. The average molecular weight is 343 g/mol. The summed E-state index contributed by atoms with van der Waals surface area (Å²) in [5.74, 6) is 0.439. The summed E-state index contributed by atoms with van der Waals surface area (Å²) in [6, 6.07) is 9.62. The van der Waals surface area contributed by atoms with E-state index in [0.717, 1.165) is 51.0 Å². The van der Waals surface area contributed by atoms with Gasteiger partial charge in [0.05, 0.1) is 0 Å². The molecule has 0 aromatic heterocycles. The molecule has 3 rings (SSSR count). The first-order chi connectivity index (χ1) is 12.1. The first-order valence-electron chi connectivity index (χ1n) is 9.37. The van der Waals surface area contributed by atoms with Gasteiger partial charge in [-0.2, -0.15) is 0 Å². The largest absolute Gasteiger partial charge is 0.342 e. The van der Waals surface area contributed by atoms with Crippen LogP contribution >= 0.6 is 0 Å². The molecule has 2 saturated heterocycles. The number of rotatable bonds is 4. The van der Waals surface area contributed by atoms with E-state index in [0.29, 0.717) is 6.42 Å². The number of likely N-dealkylation sites (N-methyl/N-ethyl adjacent to an activating group) is 1. The molecule has 1 N–H and O–H groups in total.